The summed E-state index contributed by atoms with van der Waals surface area (Å²) in [5.74, 6) is -3.39. The summed E-state index contributed by atoms with van der Waals surface area (Å²) in [5.41, 5.74) is 0.134. The highest BCUT2D eigenvalue weighted by Gasteiger charge is 2.15. The molecule has 1 aromatic heterocycles. The Morgan fingerprint density at radius 3 is 2.74 bits per heavy atom. The molecule has 0 atom stereocenters. The molecule has 0 unspecified atom stereocenters. The van der Waals surface area contributed by atoms with Crippen molar-refractivity contribution in [2.75, 3.05) is 5.32 Å². The summed E-state index contributed by atoms with van der Waals surface area (Å²) in [7, 11) is 1.72. The molecule has 0 spiro atoms. The molecule has 0 aliphatic rings. The van der Waals surface area contributed by atoms with Crippen molar-refractivity contribution in [3.05, 3.63) is 47.3 Å². The molecular formula is C12H11F2N3O2. The first-order chi connectivity index (χ1) is 8.99. The maximum absolute atomic E-state index is 13.5. The molecule has 2 rings (SSSR count). The number of anilines is 1. The predicted molar refractivity (Wildman–Crippen MR) is 63.9 cm³/mol. The van der Waals surface area contributed by atoms with Gasteiger partial charge < -0.3 is 10.4 Å². The van der Waals surface area contributed by atoms with Gasteiger partial charge >= 0.3 is 5.97 Å². The van der Waals surface area contributed by atoms with Gasteiger partial charge in [0.1, 0.15) is 11.6 Å². The zero-order valence-electron chi connectivity index (χ0n) is 10.0. The van der Waals surface area contributed by atoms with Crippen molar-refractivity contribution in [2.24, 2.45) is 7.05 Å². The molecule has 0 aliphatic carbocycles. The second-order valence-electron chi connectivity index (χ2n) is 3.92. The number of carbonyl (C=O) groups is 1. The van der Waals surface area contributed by atoms with Crippen LogP contribution in [0, 0.1) is 11.6 Å². The molecule has 1 heterocycles. The minimum atomic E-state index is -1.44. The fourth-order valence-corrected chi connectivity index (χ4v) is 1.61. The molecule has 1 aromatic carbocycles. The molecule has 0 radical (unpaired) electrons. The van der Waals surface area contributed by atoms with Crippen LogP contribution in [0.1, 0.15) is 16.1 Å². The van der Waals surface area contributed by atoms with E-state index in [9.17, 15) is 13.6 Å². The Balaban J connectivity index is 2.23. The number of hydrogen-bond acceptors (Lipinski definition) is 3. The molecule has 2 N–H and O–H groups in total. The Morgan fingerprint density at radius 2 is 2.16 bits per heavy atom. The predicted octanol–water partition coefficient (Wildman–Crippen LogP) is 2.01. The van der Waals surface area contributed by atoms with Crippen molar-refractivity contribution < 1.29 is 18.7 Å². The maximum atomic E-state index is 13.5. The minimum Gasteiger partial charge on any atom is -0.478 e. The van der Waals surface area contributed by atoms with Crippen molar-refractivity contribution in [3.8, 4) is 0 Å². The molecule has 5 nitrogen and oxygen atoms in total. The van der Waals surface area contributed by atoms with E-state index in [4.69, 9.17) is 5.11 Å². The summed E-state index contributed by atoms with van der Waals surface area (Å²) in [6.45, 7) is 0.248. The average Bonchev–Trinajstić information content (AvgIpc) is 2.73. The number of rotatable bonds is 4. The average molecular weight is 267 g/mol. The molecular weight excluding hydrogens is 256 g/mol. The van der Waals surface area contributed by atoms with Crippen molar-refractivity contribution in [2.45, 2.75) is 6.54 Å². The molecule has 100 valence electrons. The summed E-state index contributed by atoms with van der Waals surface area (Å²) in [4.78, 5) is 10.8. The normalized spacial score (nSPS) is 10.5. The number of aromatic carboxylic acids is 1. The Morgan fingerprint density at radius 1 is 1.42 bits per heavy atom. The fourth-order valence-electron chi connectivity index (χ4n) is 1.61. The van der Waals surface area contributed by atoms with E-state index in [2.05, 4.69) is 10.4 Å². The molecule has 0 saturated carbocycles. The van der Waals surface area contributed by atoms with Crippen LogP contribution in [0.25, 0.3) is 0 Å². The lowest BCUT2D eigenvalue weighted by Gasteiger charge is -2.09. The van der Waals surface area contributed by atoms with Crippen LogP contribution >= 0.6 is 0 Å². The lowest BCUT2D eigenvalue weighted by molar-refractivity contribution is 0.0692. The Bertz CT molecular complexity index is 625. The first kappa shape index (κ1) is 13.0. The third-order valence-electron chi connectivity index (χ3n) is 2.67. The van der Waals surface area contributed by atoms with Crippen molar-refractivity contribution >= 4 is 11.7 Å². The number of carboxylic acid groups (broad SMARTS) is 1. The van der Waals surface area contributed by atoms with E-state index in [-0.39, 0.29) is 12.2 Å². The highest BCUT2D eigenvalue weighted by atomic mass is 19.1. The number of aryl methyl sites for hydroxylation is 1. The SMILES string of the molecule is Cn1nccc1CNc1cc(C(=O)O)c(F)cc1F. The van der Waals surface area contributed by atoms with E-state index >= 15 is 0 Å². The monoisotopic (exact) mass is 267 g/mol. The van der Waals surface area contributed by atoms with Crippen LogP contribution in [0.5, 0.6) is 0 Å². The molecule has 19 heavy (non-hydrogen) atoms. The van der Waals surface area contributed by atoms with Crippen LogP contribution in [0.15, 0.2) is 24.4 Å². The van der Waals surface area contributed by atoms with Crippen LogP contribution in [0.2, 0.25) is 0 Å². The van der Waals surface area contributed by atoms with E-state index in [1.807, 2.05) is 0 Å². The molecule has 0 saturated heterocycles. The van der Waals surface area contributed by atoms with Crippen LogP contribution in [-0.2, 0) is 13.6 Å². The first-order valence-electron chi connectivity index (χ1n) is 5.42. The summed E-state index contributed by atoms with van der Waals surface area (Å²) < 4.78 is 28.3. The number of aromatic nitrogens is 2. The number of hydrogen-bond donors (Lipinski definition) is 2. The quantitative estimate of drug-likeness (QED) is 0.889. The lowest BCUT2D eigenvalue weighted by Crippen LogP contribution is -2.09. The summed E-state index contributed by atoms with van der Waals surface area (Å²) >= 11 is 0. The van der Waals surface area contributed by atoms with Crippen molar-refractivity contribution in [1.29, 1.82) is 0 Å². The third-order valence-corrected chi connectivity index (χ3v) is 2.67. The van der Waals surface area contributed by atoms with Crippen LogP contribution < -0.4 is 5.32 Å². The smallest absolute Gasteiger partial charge is 0.338 e. The Kier molecular flexibility index (Phi) is 3.46. The Hall–Kier alpha value is -2.44. The van der Waals surface area contributed by atoms with Crippen molar-refractivity contribution in [1.82, 2.24) is 9.78 Å². The summed E-state index contributed by atoms with van der Waals surface area (Å²) in [6.07, 6.45) is 1.58. The van der Waals surface area contributed by atoms with Gasteiger partial charge in [0.15, 0.2) is 0 Å². The zero-order chi connectivity index (χ0) is 14.0. The second-order valence-corrected chi connectivity index (χ2v) is 3.92. The van der Waals surface area contributed by atoms with Gasteiger partial charge in [-0.15, -0.1) is 0 Å². The molecule has 0 aliphatic heterocycles. The molecule has 2 aromatic rings. The third kappa shape index (κ3) is 2.70. The fraction of sp³-hybridized carbons (Fsp3) is 0.167. The molecule has 7 heteroatoms. The minimum absolute atomic E-state index is 0.0694. The van der Waals surface area contributed by atoms with Gasteiger partial charge in [-0.2, -0.15) is 5.10 Å². The first-order valence-corrected chi connectivity index (χ1v) is 5.42. The van der Waals surface area contributed by atoms with E-state index < -0.39 is 23.2 Å². The molecule has 0 fully saturated rings. The number of benzene rings is 1. The number of nitrogens with one attached hydrogen (secondary N) is 1. The maximum Gasteiger partial charge on any atom is 0.338 e. The number of carboxylic acids is 1. The van der Waals surface area contributed by atoms with E-state index in [0.29, 0.717) is 6.07 Å². The van der Waals surface area contributed by atoms with Gasteiger partial charge in [-0.1, -0.05) is 0 Å². The molecule has 0 bridgehead atoms. The van der Waals surface area contributed by atoms with Gasteiger partial charge in [-0.05, 0) is 12.1 Å². The summed E-state index contributed by atoms with van der Waals surface area (Å²) in [6, 6.07) is 3.21. The number of halogens is 2. The lowest BCUT2D eigenvalue weighted by atomic mass is 10.1. The highest BCUT2D eigenvalue weighted by Crippen LogP contribution is 2.20. The number of nitrogens with zero attached hydrogens (tertiary/aromatic N) is 2. The van der Waals surface area contributed by atoms with Crippen LogP contribution in [0.3, 0.4) is 0 Å². The van der Waals surface area contributed by atoms with E-state index in [0.717, 1.165) is 11.8 Å². The van der Waals surface area contributed by atoms with Gasteiger partial charge in [-0.3, -0.25) is 4.68 Å². The Labute approximate surface area is 107 Å². The van der Waals surface area contributed by atoms with Gasteiger partial charge in [0, 0.05) is 19.3 Å². The van der Waals surface area contributed by atoms with Crippen molar-refractivity contribution in [3.63, 3.8) is 0 Å². The van der Waals surface area contributed by atoms with Crippen LogP contribution in [-0.4, -0.2) is 20.9 Å². The van der Waals surface area contributed by atoms with Gasteiger partial charge in [0.25, 0.3) is 0 Å². The molecule has 0 amide bonds. The van der Waals surface area contributed by atoms with Crippen LogP contribution in [0.4, 0.5) is 14.5 Å². The topological polar surface area (TPSA) is 67.2 Å². The van der Waals surface area contributed by atoms with Gasteiger partial charge in [0.05, 0.1) is 23.5 Å². The zero-order valence-corrected chi connectivity index (χ0v) is 10.0. The van der Waals surface area contributed by atoms with E-state index in [1.165, 1.54) is 0 Å². The van der Waals surface area contributed by atoms with E-state index in [1.54, 1.807) is 24.0 Å². The van der Waals surface area contributed by atoms with Gasteiger partial charge in [-0.25, -0.2) is 13.6 Å². The van der Waals surface area contributed by atoms with Gasteiger partial charge in [0.2, 0.25) is 0 Å². The highest BCUT2D eigenvalue weighted by molar-refractivity contribution is 5.89. The summed E-state index contributed by atoms with van der Waals surface area (Å²) in [5, 5.41) is 15.4. The second kappa shape index (κ2) is 5.05. The standard InChI is InChI=1S/C12H11F2N3O2/c1-17-7(2-3-16-17)6-15-11-4-8(12(18)19)9(13)5-10(11)14/h2-5,15H,6H2,1H3,(H,18,19). The largest absolute Gasteiger partial charge is 0.478 e.